The lowest BCUT2D eigenvalue weighted by Gasteiger charge is -2.12. The van der Waals surface area contributed by atoms with Crippen LogP contribution in [-0.2, 0) is 0 Å². The molecule has 0 atom stereocenters. The van der Waals surface area contributed by atoms with Crippen molar-refractivity contribution in [1.82, 2.24) is 4.98 Å². The Morgan fingerprint density at radius 1 is 1.05 bits per heavy atom. The van der Waals surface area contributed by atoms with E-state index in [9.17, 15) is 0 Å². The average molecular weight is 280 g/mol. The van der Waals surface area contributed by atoms with Crippen molar-refractivity contribution in [1.29, 1.82) is 0 Å². The summed E-state index contributed by atoms with van der Waals surface area (Å²) < 4.78 is 1.20. The van der Waals surface area contributed by atoms with Crippen LogP contribution in [0.15, 0.2) is 55.1 Å². The van der Waals surface area contributed by atoms with Gasteiger partial charge in [-0.2, -0.15) is 0 Å². The number of nitrogens with zero attached hydrogens (tertiary/aromatic N) is 2. The Balaban J connectivity index is 1.95. The van der Waals surface area contributed by atoms with Crippen LogP contribution in [0.1, 0.15) is 10.6 Å². The molecule has 0 aliphatic rings. The molecule has 2 nitrogen and oxygen atoms in total. The highest BCUT2D eigenvalue weighted by Gasteiger charge is 2.09. The minimum absolute atomic E-state index is 0.983. The normalized spacial score (nSPS) is 10.7. The Labute approximate surface area is 123 Å². The molecule has 3 aromatic rings. The molecule has 0 spiro atoms. The third-order valence-corrected chi connectivity index (χ3v) is 4.38. The molecule has 0 aliphatic heterocycles. The van der Waals surface area contributed by atoms with Crippen LogP contribution in [0.2, 0.25) is 0 Å². The van der Waals surface area contributed by atoms with E-state index < -0.39 is 0 Å². The molecule has 0 aliphatic carbocycles. The molecule has 0 fully saturated rings. The number of fused-ring (bicyclic) bond motifs is 1. The third kappa shape index (κ3) is 2.32. The maximum atomic E-state index is 4.66. The molecule has 1 aromatic heterocycles. The van der Waals surface area contributed by atoms with Gasteiger partial charge in [-0.15, -0.1) is 11.3 Å². The van der Waals surface area contributed by atoms with Gasteiger partial charge < -0.3 is 4.90 Å². The molecule has 0 saturated carbocycles. The highest BCUT2D eigenvalue weighted by Crippen LogP contribution is 2.30. The predicted octanol–water partition coefficient (Wildman–Crippen LogP) is 4.42. The summed E-state index contributed by atoms with van der Waals surface area (Å²) in [4.78, 5) is 6.74. The monoisotopic (exact) mass is 280 g/mol. The van der Waals surface area contributed by atoms with Crippen LogP contribution < -0.4 is 4.90 Å². The Morgan fingerprint density at radius 3 is 2.40 bits per heavy atom. The average Bonchev–Trinajstić information content (AvgIpc) is 2.90. The van der Waals surface area contributed by atoms with E-state index in [0.29, 0.717) is 0 Å². The molecule has 100 valence electrons. The Morgan fingerprint density at radius 2 is 1.75 bits per heavy atom. The van der Waals surface area contributed by atoms with Gasteiger partial charge >= 0.3 is 0 Å². The van der Waals surface area contributed by atoms with Gasteiger partial charge in [-0.25, -0.2) is 4.98 Å². The van der Waals surface area contributed by atoms with E-state index in [0.717, 1.165) is 21.7 Å². The highest BCUT2D eigenvalue weighted by atomic mass is 32.1. The minimum atomic E-state index is 0.983. The van der Waals surface area contributed by atoms with Crippen molar-refractivity contribution >= 4 is 32.8 Å². The van der Waals surface area contributed by atoms with E-state index in [2.05, 4.69) is 46.8 Å². The number of hydrogen-bond donors (Lipinski definition) is 0. The topological polar surface area (TPSA) is 16.1 Å². The van der Waals surface area contributed by atoms with Gasteiger partial charge in [0, 0.05) is 25.4 Å². The van der Waals surface area contributed by atoms with Gasteiger partial charge in [0.05, 0.1) is 10.2 Å². The van der Waals surface area contributed by atoms with Gasteiger partial charge in [0.1, 0.15) is 5.01 Å². The fraction of sp³-hybridized carbons (Fsp3) is 0.118. The molecule has 3 heteroatoms. The molecule has 0 bridgehead atoms. The maximum Gasteiger partial charge on any atom is 0.124 e. The van der Waals surface area contributed by atoms with Crippen LogP contribution in [0, 0.1) is 0 Å². The van der Waals surface area contributed by atoms with Gasteiger partial charge in [0.15, 0.2) is 0 Å². The first-order valence-corrected chi connectivity index (χ1v) is 7.29. The fourth-order valence-electron chi connectivity index (χ4n) is 2.09. The van der Waals surface area contributed by atoms with E-state index in [1.54, 1.807) is 11.3 Å². The summed E-state index contributed by atoms with van der Waals surface area (Å²) in [6.07, 6.45) is 0. The lowest BCUT2D eigenvalue weighted by atomic mass is 10.1. The van der Waals surface area contributed by atoms with Crippen molar-refractivity contribution in [3.05, 3.63) is 65.7 Å². The summed E-state index contributed by atoms with van der Waals surface area (Å²) in [6.45, 7) is 4.20. The minimum Gasteiger partial charge on any atom is -0.378 e. The third-order valence-electron chi connectivity index (χ3n) is 3.28. The summed E-state index contributed by atoms with van der Waals surface area (Å²) in [6, 6.07) is 16.6. The molecule has 3 rings (SSSR count). The molecule has 20 heavy (non-hydrogen) atoms. The number of para-hydroxylation sites is 1. The zero-order valence-corrected chi connectivity index (χ0v) is 12.4. The second-order valence-corrected chi connectivity index (χ2v) is 5.94. The van der Waals surface area contributed by atoms with Crippen molar-refractivity contribution in [3.8, 4) is 0 Å². The lowest BCUT2D eigenvalue weighted by molar-refractivity contribution is 1.13. The number of thiazole rings is 1. The molecule has 0 unspecified atom stereocenters. The van der Waals surface area contributed by atoms with E-state index in [4.69, 9.17) is 0 Å². The van der Waals surface area contributed by atoms with Gasteiger partial charge in [0.25, 0.3) is 0 Å². The molecule has 0 saturated heterocycles. The van der Waals surface area contributed by atoms with Crippen molar-refractivity contribution in [2.24, 2.45) is 0 Å². The Hall–Kier alpha value is -2.13. The molecular formula is C17H16N2S. The first kappa shape index (κ1) is 12.9. The van der Waals surface area contributed by atoms with E-state index in [-0.39, 0.29) is 0 Å². The second kappa shape index (κ2) is 5.10. The zero-order chi connectivity index (χ0) is 14.1. The molecule has 2 aromatic carbocycles. The standard InChI is InChI=1S/C17H16N2S/c1-12(13-8-10-14(11-9-13)19(2)3)17-18-15-6-4-5-7-16(15)20-17/h4-11H,1H2,2-3H3. The first-order chi connectivity index (χ1) is 9.65. The largest absolute Gasteiger partial charge is 0.378 e. The van der Waals surface area contributed by atoms with Crippen LogP contribution in [-0.4, -0.2) is 19.1 Å². The Kier molecular flexibility index (Phi) is 3.28. The van der Waals surface area contributed by atoms with Crippen LogP contribution in [0.25, 0.3) is 15.8 Å². The molecule has 0 radical (unpaired) electrons. The highest BCUT2D eigenvalue weighted by molar-refractivity contribution is 7.19. The number of rotatable bonds is 3. The number of hydrogen-bond acceptors (Lipinski definition) is 3. The van der Waals surface area contributed by atoms with Crippen molar-refractivity contribution in [3.63, 3.8) is 0 Å². The van der Waals surface area contributed by atoms with Crippen LogP contribution in [0.3, 0.4) is 0 Å². The van der Waals surface area contributed by atoms with E-state index >= 15 is 0 Å². The maximum absolute atomic E-state index is 4.66. The number of aromatic nitrogens is 1. The molecule has 0 N–H and O–H groups in total. The van der Waals surface area contributed by atoms with E-state index in [1.165, 1.54) is 10.4 Å². The summed E-state index contributed by atoms with van der Waals surface area (Å²) in [7, 11) is 4.08. The summed E-state index contributed by atoms with van der Waals surface area (Å²) >= 11 is 1.69. The van der Waals surface area contributed by atoms with Gasteiger partial charge in [-0.1, -0.05) is 30.8 Å². The summed E-state index contributed by atoms with van der Waals surface area (Å²) in [5.74, 6) is 0. The number of anilines is 1. The summed E-state index contributed by atoms with van der Waals surface area (Å²) in [5, 5.41) is 0.990. The van der Waals surface area contributed by atoms with Crippen LogP contribution >= 0.6 is 11.3 Å². The fourth-order valence-corrected chi connectivity index (χ4v) is 3.04. The van der Waals surface area contributed by atoms with Crippen molar-refractivity contribution in [2.75, 3.05) is 19.0 Å². The van der Waals surface area contributed by atoms with Crippen molar-refractivity contribution < 1.29 is 0 Å². The molecule has 0 amide bonds. The molecular weight excluding hydrogens is 264 g/mol. The predicted molar refractivity (Wildman–Crippen MR) is 88.5 cm³/mol. The van der Waals surface area contributed by atoms with Crippen molar-refractivity contribution in [2.45, 2.75) is 0 Å². The quantitative estimate of drug-likeness (QED) is 0.706. The van der Waals surface area contributed by atoms with Gasteiger partial charge in [-0.05, 0) is 29.8 Å². The lowest BCUT2D eigenvalue weighted by Crippen LogP contribution is -2.08. The molecule has 1 heterocycles. The smallest absolute Gasteiger partial charge is 0.124 e. The van der Waals surface area contributed by atoms with E-state index in [1.807, 2.05) is 32.3 Å². The summed E-state index contributed by atoms with van der Waals surface area (Å²) in [5.41, 5.74) is 4.33. The van der Waals surface area contributed by atoms with Crippen LogP contribution in [0.5, 0.6) is 0 Å². The first-order valence-electron chi connectivity index (χ1n) is 6.48. The number of benzene rings is 2. The zero-order valence-electron chi connectivity index (χ0n) is 11.6. The second-order valence-electron chi connectivity index (χ2n) is 4.91. The van der Waals surface area contributed by atoms with Gasteiger partial charge in [0.2, 0.25) is 0 Å². The van der Waals surface area contributed by atoms with Gasteiger partial charge in [-0.3, -0.25) is 0 Å². The van der Waals surface area contributed by atoms with Crippen LogP contribution in [0.4, 0.5) is 5.69 Å². The SMILES string of the molecule is C=C(c1ccc(N(C)C)cc1)c1nc2ccccc2s1. The Bertz CT molecular complexity index is 721.